The van der Waals surface area contributed by atoms with Crippen molar-refractivity contribution in [2.45, 2.75) is 37.7 Å². The summed E-state index contributed by atoms with van der Waals surface area (Å²) in [7, 11) is 4.08. The standard InChI is InChI=1S/C15H24N2O/c1-17(2)13-7-6-8-14(11-13)18-15(12-16)9-4-3-5-10-15/h6-8,11H,3-5,9-10,12,16H2,1-2H3. The molecule has 0 bridgehead atoms. The van der Waals surface area contributed by atoms with Gasteiger partial charge in [-0.15, -0.1) is 0 Å². The van der Waals surface area contributed by atoms with Crippen LogP contribution in [0, 0.1) is 0 Å². The van der Waals surface area contributed by atoms with Gasteiger partial charge in [0, 0.05) is 32.4 Å². The molecule has 1 aliphatic rings. The molecule has 0 heterocycles. The SMILES string of the molecule is CN(C)c1cccc(OC2(CN)CCCCC2)c1. The predicted molar refractivity (Wildman–Crippen MR) is 76.3 cm³/mol. The van der Waals surface area contributed by atoms with E-state index in [1.54, 1.807) is 0 Å². The van der Waals surface area contributed by atoms with E-state index in [-0.39, 0.29) is 5.60 Å². The molecule has 2 N–H and O–H groups in total. The number of ether oxygens (including phenoxy) is 1. The maximum atomic E-state index is 6.23. The van der Waals surface area contributed by atoms with Crippen molar-refractivity contribution >= 4 is 5.69 Å². The molecule has 0 atom stereocenters. The third-order valence-electron chi connectivity index (χ3n) is 3.81. The highest BCUT2D eigenvalue weighted by atomic mass is 16.5. The van der Waals surface area contributed by atoms with E-state index in [0.717, 1.165) is 24.3 Å². The molecule has 3 heteroatoms. The Morgan fingerprint density at radius 1 is 1.22 bits per heavy atom. The molecule has 0 aromatic heterocycles. The molecule has 1 fully saturated rings. The summed E-state index contributed by atoms with van der Waals surface area (Å²) in [6, 6.07) is 8.24. The Morgan fingerprint density at radius 3 is 2.56 bits per heavy atom. The maximum absolute atomic E-state index is 6.23. The number of rotatable bonds is 4. The Balaban J connectivity index is 2.13. The van der Waals surface area contributed by atoms with E-state index in [2.05, 4.69) is 17.0 Å². The first-order chi connectivity index (χ1) is 8.65. The molecule has 1 saturated carbocycles. The minimum absolute atomic E-state index is 0.136. The molecule has 0 unspecified atom stereocenters. The van der Waals surface area contributed by atoms with Gasteiger partial charge in [-0.2, -0.15) is 0 Å². The summed E-state index contributed by atoms with van der Waals surface area (Å²) in [5.41, 5.74) is 6.98. The van der Waals surface area contributed by atoms with E-state index in [9.17, 15) is 0 Å². The summed E-state index contributed by atoms with van der Waals surface area (Å²) in [6.07, 6.45) is 5.92. The Labute approximate surface area is 110 Å². The van der Waals surface area contributed by atoms with Gasteiger partial charge >= 0.3 is 0 Å². The minimum Gasteiger partial charge on any atom is -0.486 e. The minimum atomic E-state index is -0.136. The highest BCUT2D eigenvalue weighted by Crippen LogP contribution is 2.33. The number of benzene rings is 1. The molecule has 1 aliphatic carbocycles. The summed E-state index contributed by atoms with van der Waals surface area (Å²) < 4.78 is 6.23. The fraction of sp³-hybridized carbons (Fsp3) is 0.600. The molecule has 100 valence electrons. The van der Waals surface area contributed by atoms with Crippen molar-refractivity contribution in [3.8, 4) is 5.75 Å². The molecule has 0 radical (unpaired) electrons. The zero-order valence-electron chi connectivity index (χ0n) is 11.5. The van der Waals surface area contributed by atoms with Crippen LogP contribution >= 0.6 is 0 Å². The average Bonchev–Trinajstić information content (AvgIpc) is 2.40. The molecule has 18 heavy (non-hydrogen) atoms. The van der Waals surface area contributed by atoms with E-state index < -0.39 is 0 Å². The fourth-order valence-corrected chi connectivity index (χ4v) is 2.62. The second-order valence-electron chi connectivity index (χ2n) is 5.44. The first-order valence-corrected chi connectivity index (χ1v) is 6.82. The fourth-order valence-electron chi connectivity index (χ4n) is 2.62. The van der Waals surface area contributed by atoms with Crippen molar-refractivity contribution in [3.63, 3.8) is 0 Å². The van der Waals surface area contributed by atoms with Gasteiger partial charge in [0.2, 0.25) is 0 Å². The Morgan fingerprint density at radius 2 is 1.94 bits per heavy atom. The smallest absolute Gasteiger partial charge is 0.122 e. The van der Waals surface area contributed by atoms with Crippen LogP contribution in [0.5, 0.6) is 5.75 Å². The highest BCUT2D eigenvalue weighted by molar-refractivity contribution is 5.49. The molecular weight excluding hydrogens is 224 g/mol. The van der Waals surface area contributed by atoms with Crippen molar-refractivity contribution in [2.75, 3.05) is 25.5 Å². The van der Waals surface area contributed by atoms with Gasteiger partial charge < -0.3 is 15.4 Å². The van der Waals surface area contributed by atoms with Crippen LogP contribution in [0.1, 0.15) is 32.1 Å². The van der Waals surface area contributed by atoms with Crippen molar-refractivity contribution in [2.24, 2.45) is 5.73 Å². The molecule has 0 aliphatic heterocycles. The van der Waals surface area contributed by atoms with Gasteiger partial charge in [0.25, 0.3) is 0 Å². The van der Waals surface area contributed by atoms with Gasteiger partial charge in [-0.1, -0.05) is 12.5 Å². The van der Waals surface area contributed by atoms with Crippen LogP contribution in [0.2, 0.25) is 0 Å². The van der Waals surface area contributed by atoms with Gasteiger partial charge in [-0.3, -0.25) is 0 Å². The predicted octanol–water partition coefficient (Wildman–Crippen LogP) is 2.79. The highest BCUT2D eigenvalue weighted by Gasteiger charge is 2.32. The zero-order valence-corrected chi connectivity index (χ0v) is 11.5. The van der Waals surface area contributed by atoms with Crippen molar-refractivity contribution in [1.82, 2.24) is 0 Å². The monoisotopic (exact) mass is 248 g/mol. The van der Waals surface area contributed by atoms with E-state index in [0.29, 0.717) is 6.54 Å². The van der Waals surface area contributed by atoms with E-state index in [4.69, 9.17) is 10.5 Å². The molecule has 0 spiro atoms. The lowest BCUT2D eigenvalue weighted by Gasteiger charge is -2.36. The third-order valence-corrected chi connectivity index (χ3v) is 3.81. The lowest BCUT2D eigenvalue weighted by atomic mass is 9.84. The molecule has 0 amide bonds. The van der Waals surface area contributed by atoms with Crippen molar-refractivity contribution in [1.29, 1.82) is 0 Å². The molecule has 2 rings (SSSR count). The molecular formula is C15H24N2O. The topological polar surface area (TPSA) is 38.5 Å². The summed E-state index contributed by atoms with van der Waals surface area (Å²) >= 11 is 0. The van der Waals surface area contributed by atoms with Crippen LogP contribution in [0.15, 0.2) is 24.3 Å². The summed E-state index contributed by atoms with van der Waals surface area (Å²) in [5, 5.41) is 0. The Bertz CT molecular complexity index is 384. The summed E-state index contributed by atoms with van der Waals surface area (Å²) in [5.74, 6) is 0.938. The first-order valence-electron chi connectivity index (χ1n) is 6.82. The normalized spacial score (nSPS) is 18.4. The summed E-state index contributed by atoms with van der Waals surface area (Å²) in [6.45, 7) is 0.610. The molecule has 1 aromatic carbocycles. The van der Waals surface area contributed by atoms with Crippen LogP contribution in [-0.2, 0) is 0 Å². The average molecular weight is 248 g/mol. The lowest BCUT2D eigenvalue weighted by molar-refractivity contribution is 0.0387. The van der Waals surface area contributed by atoms with Gasteiger partial charge in [0.05, 0.1) is 0 Å². The van der Waals surface area contributed by atoms with Crippen LogP contribution in [-0.4, -0.2) is 26.2 Å². The number of nitrogens with zero attached hydrogens (tertiary/aromatic N) is 1. The third kappa shape index (κ3) is 2.96. The number of hydrogen-bond donors (Lipinski definition) is 1. The Kier molecular flexibility index (Phi) is 4.12. The van der Waals surface area contributed by atoms with Crippen molar-refractivity contribution in [3.05, 3.63) is 24.3 Å². The maximum Gasteiger partial charge on any atom is 0.122 e. The largest absolute Gasteiger partial charge is 0.486 e. The number of anilines is 1. The van der Waals surface area contributed by atoms with Gasteiger partial charge in [0.1, 0.15) is 11.4 Å². The lowest BCUT2D eigenvalue weighted by Crippen LogP contribution is -2.45. The summed E-state index contributed by atoms with van der Waals surface area (Å²) in [4.78, 5) is 2.09. The van der Waals surface area contributed by atoms with Gasteiger partial charge in [-0.25, -0.2) is 0 Å². The van der Waals surface area contributed by atoms with E-state index in [1.165, 1.54) is 19.3 Å². The zero-order chi connectivity index (χ0) is 13.0. The number of hydrogen-bond acceptors (Lipinski definition) is 3. The van der Waals surface area contributed by atoms with Crippen molar-refractivity contribution < 1.29 is 4.74 Å². The first kappa shape index (κ1) is 13.2. The van der Waals surface area contributed by atoms with Crippen LogP contribution in [0.4, 0.5) is 5.69 Å². The quantitative estimate of drug-likeness (QED) is 0.890. The van der Waals surface area contributed by atoms with E-state index >= 15 is 0 Å². The molecule has 0 saturated heterocycles. The van der Waals surface area contributed by atoms with Crippen LogP contribution < -0.4 is 15.4 Å². The number of nitrogens with two attached hydrogens (primary N) is 1. The van der Waals surface area contributed by atoms with Gasteiger partial charge in [-0.05, 0) is 37.8 Å². The van der Waals surface area contributed by atoms with Crippen LogP contribution in [0.3, 0.4) is 0 Å². The Hall–Kier alpha value is -1.22. The van der Waals surface area contributed by atoms with E-state index in [1.807, 2.05) is 26.2 Å². The second-order valence-corrected chi connectivity index (χ2v) is 5.44. The van der Waals surface area contributed by atoms with Crippen LogP contribution in [0.25, 0.3) is 0 Å². The van der Waals surface area contributed by atoms with Gasteiger partial charge in [0.15, 0.2) is 0 Å². The molecule has 1 aromatic rings. The molecule has 3 nitrogen and oxygen atoms in total. The second kappa shape index (κ2) is 5.61.